The van der Waals surface area contributed by atoms with E-state index in [-0.39, 0.29) is 6.42 Å². The predicted molar refractivity (Wildman–Crippen MR) is 80.4 cm³/mol. The summed E-state index contributed by atoms with van der Waals surface area (Å²) < 4.78 is 5.87. The molecule has 21 heavy (non-hydrogen) atoms. The van der Waals surface area contributed by atoms with Crippen LogP contribution in [0.5, 0.6) is 5.75 Å². The van der Waals surface area contributed by atoms with Crippen molar-refractivity contribution in [1.82, 2.24) is 4.98 Å². The van der Waals surface area contributed by atoms with Crippen LogP contribution in [0.2, 0.25) is 0 Å². The number of fused-ring (bicyclic) bond motifs is 1. The molecule has 4 nitrogen and oxygen atoms in total. The Labute approximate surface area is 122 Å². The van der Waals surface area contributed by atoms with Crippen molar-refractivity contribution >= 4 is 16.9 Å². The van der Waals surface area contributed by atoms with Crippen LogP contribution in [0.25, 0.3) is 10.9 Å². The zero-order valence-corrected chi connectivity index (χ0v) is 11.4. The van der Waals surface area contributed by atoms with Gasteiger partial charge in [-0.1, -0.05) is 36.4 Å². The molecule has 0 aliphatic carbocycles. The van der Waals surface area contributed by atoms with Gasteiger partial charge >= 0.3 is 5.97 Å². The number of H-pyrrole nitrogens is 1. The maximum absolute atomic E-state index is 10.9. The first-order valence-corrected chi connectivity index (χ1v) is 6.71. The Morgan fingerprint density at radius 3 is 2.67 bits per heavy atom. The second-order valence-corrected chi connectivity index (χ2v) is 4.84. The summed E-state index contributed by atoms with van der Waals surface area (Å²) >= 11 is 0. The number of hydrogen-bond donors (Lipinski definition) is 2. The highest BCUT2D eigenvalue weighted by molar-refractivity contribution is 5.91. The molecule has 4 heteroatoms. The number of aromatic amines is 1. The maximum Gasteiger partial charge on any atom is 0.307 e. The van der Waals surface area contributed by atoms with Crippen LogP contribution >= 0.6 is 0 Å². The van der Waals surface area contributed by atoms with Crippen molar-refractivity contribution in [3.63, 3.8) is 0 Å². The summed E-state index contributed by atoms with van der Waals surface area (Å²) in [7, 11) is 0. The van der Waals surface area contributed by atoms with Gasteiger partial charge in [-0.15, -0.1) is 0 Å². The fourth-order valence-electron chi connectivity index (χ4n) is 2.38. The van der Waals surface area contributed by atoms with Gasteiger partial charge in [0.05, 0.1) is 6.42 Å². The maximum atomic E-state index is 10.9. The van der Waals surface area contributed by atoms with Crippen LogP contribution in [0.15, 0.2) is 54.7 Å². The normalized spacial score (nSPS) is 10.7. The van der Waals surface area contributed by atoms with Crippen molar-refractivity contribution in [1.29, 1.82) is 0 Å². The molecule has 0 bridgehead atoms. The fourth-order valence-corrected chi connectivity index (χ4v) is 2.38. The zero-order chi connectivity index (χ0) is 14.7. The Morgan fingerprint density at radius 2 is 1.90 bits per heavy atom. The highest BCUT2D eigenvalue weighted by Crippen LogP contribution is 2.29. The van der Waals surface area contributed by atoms with Crippen molar-refractivity contribution in [2.45, 2.75) is 13.0 Å². The van der Waals surface area contributed by atoms with Gasteiger partial charge in [-0.05, 0) is 23.3 Å². The average molecular weight is 281 g/mol. The monoisotopic (exact) mass is 281 g/mol. The number of ether oxygens (including phenoxy) is 1. The molecule has 0 fully saturated rings. The summed E-state index contributed by atoms with van der Waals surface area (Å²) in [5, 5.41) is 9.83. The summed E-state index contributed by atoms with van der Waals surface area (Å²) in [5.74, 6) is -0.150. The molecule has 0 aliphatic rings. The van der Waals surface area contributed by atoms with Crippen LogP contribution in [0, 0.1) is 0 Å². The standard InChI is InChI=1S/C17H15NO3/c19-16(20)9-13-10-18-14-7-4-8-15(17(13)14)21-11-12-5-2-1-3-6-12/h1-8,10,18H,9,11H2,(H,19,20). The Balaban J connectivity index is 1.90. The molecule has 0 atom stereocenters. The van der Waals surface area contributed by atoms with E-state index in [4.69, 9.17) is 9.84 Å². The van der Waals surface area contributed by atoms with E-state index in [9.17, 15) is 4.79 Å². The molecule has 2 N–H and O–H groups in total. The molecule has 0 amide bonds. The highest BCUT2D eigenvalue weighted by Gasteiger charge is 2.12. The zero-order valence-electron chi connectivity index (χ0n) is 11.4. The average Bonchev–Trinajstić information content (AvgIpc) is 2.89. The third-order valence-electron chi connectivity index (χ3n) is 3.33. The second kappa shape index (κ2) is 5.71. The van der Waals surface area contributed by atoms with Gasteiger partial charge in [-0.2, -0.15) is 0 Å². The summed E-state index contributed by atoms with van der Waals surface area (Å²) in [6.07, 6.45) is 1.71. The van der Waals surface area contributed by atoms with Crippen LogP contribution in [-0.4, -0.2) is 16.1 Å². The Hall–Kier alpha value is -2.75. The molecule has 106 valence electrons. The van der Waals surface area contributed by atoms with Crippen LogP contribution in [0.1, 0.15) is 11.1 Å². The van der Waals surface area contributed by atoms with E-state index in [1.165, 1.54) is 0 Å². The Bertz CT molecular complexity index is 762. The number of hydrogen-bond acceptors (Lipinski definition) is 2. The van der Waals surface area contributed by atoms with E-state index in [2.05, 4.69) is 4.98 Å². The van der Waals surface area contributed by atoms with Gasteiger partial charge in [0.25, 0.3) is 0 Å². The van der Waals surface area contributed by atoms with E-state index in [1.807, 2.05) is 48.5 Å². The van der Waals surface area contributed by atoms with Gasteiger partial charge in [-0.3, -0.25) is 4.79 Å². The Morgan fingerprint density at radius 1 is 1.10 bits per heavy atom. The molecule has 0 saturated carbocycles. The molecule has 0 spiro atoms. The highest BCUT2D eigenvalue weighted by atomic mass is 16.5. The third kappa shape index (κ3) is 2.89. The number of aromatic nitrogens is 1. The smallest absolute Gasteiger partial charge is 0.307 e. The van der Waals surface area contributed by atoms with Gasteiger partial charge in [0.1, 0.15) is 12.4 Å². The van der Waals surface area contributed by atoms with Crippen molar-refractivity contribution < 1.29 is 14.6 Å². The minimum Gasteiger partial charge on any atom is -0.488 e. The van der Waals surface area contributed by atoms with E-state index >= 15 is 0 Å². The van der Waals surface area contributed by atoms with Gasteiger partial charge in [0, 0.05) is 17.1 Å². The Kier molecular flexibility index (Phi) is 3.60. The van der Waals surface area contributed by atoms with Crippen molar-refractivity contribution in [3.8, 4) is 5.75 Å². The molecular weight excluding hydrogens is 266 g/mol. The predicted octanol–water partition coefficient (Wildman–Crippen LogP) is 3.37. The summed E-state index contributed by atoms with van der Waals surface area (Å²) in [6.45, 7) is 0.456. The summed E-state index contributed by atoms with van der Waals surface area (Å²) in [4.78, 5) is 14.0. The van der Waals surface area contributed by atoms with Crippen LogP contribution in [0.4, 0.5) is 0 Å². The fraction of sp³-hybridized carbons (Fsp3) is 0.118. The lowest BCUT2D eigenvalue weighted by Gasteiger charge is -2.08. The first-order chi connectivity index (χ1) is 10.2. The topological polar surface area (TPSA) is 62.3 Å². The number of benzene rings is 2. The quantitative estimate of drug-likeness (QED) is 0.753. The van der Waals surface area contributed by atoms with Crippen LogP contribution in [0.3, 0.4) is 0 Å². The van der Waals surface area contributed by atoms with Crippen molar-refractivity contribution in [2.24, 2.45) is 0 Å². The number of aliphatic carboxylic acids is 1. The first kappa shape index (κ1) is 13.2. The summed E-state index contributed by atoms with van der Waals surface area (Å²) in [5.41, 5.74) is 2.70. The van der Waals surface area contributed by atoms with Crippen molar-refractivity contribution in [2.75, 3.05) is 0 Å². The SMILES string of the molecule is O=C(O)Cc1c[nH]c2cccc(OCc3ccccc3)c12. The molecular formula is C17H15NO3. The van der Waals surface area contributed by atoms with E-state index in [1.54, 1.807) is 6.20 Å². The summed E-state index contributed by atoms with van der Waals surface area (Å²) in [6, 6.07) is 15.5. The second-order valence-electron chi connectivity index (χ2n) is 4.84. The van der Waals surface area contributed by atoms with Gasteiger partial charge in [0.15, 0.2) is 0 Å². The third-order valence-corrected chi connectivity index (χ3v) is 3.33. The lowest BCUT2D eigenvalue weighted by molar-refractivity contribution is -0.136. The molecule has 0 saturated heterocycles. The molecule has 2 aromatic carbocycles. The molecule has 1 aromatic heterocycles. The molecule has 3 rings (SSSR count). The molecule has 0 radical (unpaired) electrons. The lowest BCUT2D eigenvalue weighted by Crippen LogP contribution is -2.00. The number of carboxylic acid groups (broad SMARTS) is 1. The lowest BCUT2D eigenvalue weighted by atomic mass is 10.1. The largest absolute Gasteiger partial charge is 0.488 e. The van der Waals surface area contributed by atoms with Gasteiger partial charge < -0.3 is 14.8 Å². The van der Waals surface area contributed by atoms with Crippen molar-refractivity contribution in [3.05, 3.63) is 65.9 Å². The minimum absolute atomic E-state index is 0.0221. The van der Waals surface area contributed by atoms with Crippen LogP contribution in [-0.2, 0) is 17.8 Å². The van der Waals surface area contributed by atoms with Gasteiger partial charge in [0.2, 0.25) is 0 Å². The molecule has 0 aliphatic heterocycles. The van der Waals surface area contributed by atoms with E-state index in [0.717, 1.165) is 22.0 Å². The number of nitrogens with one attached hydrogen (secondary N) is 1. The minimum atomic E-state index is -0.853. The molecule has 3 aromatic rings. The number of rotatable bonds is 5. The van der Waals surface area contributed by atoms with Crippen LogP contribution < -0.4 is 4.74 Å². The van der Waals surface area contributed by atoms with Gasteiger partial charge in [-0.25, -0.2) is 0 Å². The number of carbonyl (C=O) groups is 1. The van der Waals surface area contributed by atoms with E-state index in [0.29, 0.717) is 12.4 Å². The molecule has 1 heterocycles. The number of carboxylic acids is 1. The molecule has 0 unspecified atom stereocenters. The van der Waals surface area contributed by atoms with E-state index < -0.39 is 5.97 Å². The first-order valence-electron chi connectivity index (χ1n) is 6.71.